The Kier molecular flexibility index (Phi) is 5.82. The summed E-state index contributed by atoms with van der Waals surface area (Å²) in [4.78, 5) is 0. The summed E-state index contributed by atoms with van der Waals surface area (Å²) in [6, 6.07) is 4.77. The highest BCUT2D eigenvalue weighted by atomic mass is 32.2. The first kappa shape index (κ1) is 16.5. The highest BCUT2D eigenvalue weighted by Crippen LogP contribution is 2.33. The van der Waals surface area contributed by atoms with Crippen LogP contribution >= 0.6 is 0 Å². The lowest BCUT2D eigenvalue weighted by molar-refractivity contribution is 0.315. The van der Waals surface area contributed by atoms with Gasteiger partial charge in [0.2, 0.25) is 0 Å². The minimum Gasteiger partial charge on any atom is -0.493 e. The maximum Gasteiger partial charge on any atom is 0.124 e. The van der Waals surface area contributed by atoms with E-state index in [-0.39, 0.29) is 5.25 Å². The Morgan fingerprint density at radius 2 is 2.10 bits per heavy atom. The first-order valence-corrected chi connectivity index (χ1v) is 9.40. The number of rotatable bonds is 5. The summed E-state index contributed by atoms with van der Waals surface area (Å²) >= 11 is 0. The largest absolute Gasteiger partial charge is 0.493 e. The number of hydrogen-bond donors (Lipinski definition) is 1. The molecule has 0 saturated carbocycles. The molecule has 1 N–H and O–H groups in total. The molecular weight excluding hydrogens is 282 g/mol. The van der Waals surface area contributed by atoms with Gasteiger partial charge in [-0.2, -0.15) is 0 Å². The van der Waals surface area contributed by atoms with Crippen LogP contribution in [0.4, 0.5) is 0 Å². The molecule has 0 fully saturated rings. The van der Waals surface area contributed by atoms with Crippen molar-refractivity contribution in [2.24, 2.45) is 0 Å². The summed E-state index contributed by atoms with van der Waals surface area (Å²) in [5.41, 5.74) is 3.87. The first-order chi connectivity index (χ1) is 9.99. The zero-order valence-electron chi connectivity index (χ0n) is 13.6. The van der Waals surface area contributed by atoms with Gasteiger partial charge in [-0.3, -0.25) is 4.21 Å². The van der Waals surface area contributed by atoms with Crippen molar-refractivity contribution in [3.8, 4) is 5.75 Å². The maximum absolute atomic E-state index is 11.4. The van der Waals surface area contributed by atoms with Crippen molar-refractivity contribution in [2.45, 2.75) is 51.3 Å². The van der Waals surface area contributed by atoms with Crippen LogP contribution in [0.5, 0.6) is 5.75 Å². The van der Waals surface area contributed by atoms with Gasteiger partial charge in [-0.05, 0) is 56.8 Å². The van der Waals surface area contributed by atoms with Gasteiger partial charge in [-0.1, -0.05) is 13.0 Å². The van der Waals surface area contributed by atoms with Crippen molar-refractivity contribution in [3.05, 3.63) is 28.8 Å². The molecule has 21 heavy (non-hydrogen) atoms. The van der Waals surface area contributed by atoms with Crippen molar-refractivity contribution >= 4 is 10.8 Å². The Hall–Kier alpha value is -0.870. The number of hydrogen-bond acceptors (Lipinski definition) is 3. The number of fused-ring (bicyclic) bond motifs is 1. The predicted octanol–water partition coefficient (Wildman–Crippen LogP) is 3.26. The lowest BCUT2D eigenvalue weighted by atomic mass is 9.97. The maximum atomic E-state index is 11.4. The smallest absolute Gasteiger partial charge is 0.124 e. The second kappa shape index (κ2) is 7.41. The molecule has 1 aliphatic heterocycles. The second-order valence-corrected chi connectivity index (χ2v) is 7.87. The zero-order valence-corrected chi connectivity index (χ0v) is 14.4. The second-order valence-electron chi connectivity index (χ2n) is 6.07. The van der Waals surface area contributed by atoms with Crippen LogP contribution in [0.25, 0.3) is 0 Å². The summed E-state index contributed by atoms with van der Waals surface area (Å²) in [5, 5.41) is 3.88. The Morgan fingerprint density at radius 1 is 1.38 bits per heavy atom. The summed E-state index contributed by atoms with van der Waals surface area (Å²) < 4.78 is 17.3. The van der Waals surface area contributed by atoms with E-state index in [1.165, 1.54) is 16.7 Å². The van der Waals surface area contributed by atoms with Crippen LogP contribution in [0.2, 0.25) is 0 Å². The molecule has 1 aliphatic rings. The fourth-order valence-corrected chi connectivity index (χ4v) is 3.12. The molecule has 0 radical (unpaired) electrons. The standard InChI is InChI=1S/C17H27NO2S/c1-12-10-15-16(18-8-7-14(3)21(4)19)6-5-9-20-17(15)11-13(12)2/h10-11,14,16,18H,5-9H2,1-4H3/t14-,16+,21-/m0/s1. The molecule has 0 saturated heterocycles. The third kappa shape index (κ3) is 4.30. The van der Waals surface area contributed by atoms with E-state index in [2.05, 4.69) is 38.2 Å². The monoisotopic (exact) mass is 309 g/mol. The average Bonchev–Trinajstić information content (AvgIpc) is 2.62. The van der Waals surface area contributed by atoms with Gasteiger partial charge in [-0.25, -0.2) is 0 Å². The Balaban J connectivity index is 2.07. The molecule has 0 unspecified atom stereocenters. The van der Waals surface area contributed by atoms with Crippen LogP contribution in [0.1, 0.15) is 48.9 Å². The summed E-state index contributed by atoms with van der Waals surface area (Å²) in [7, 11) is -0.737. The summed E-state index contributed by atoms with van der Waals surface area (Å²) in [6.45, 7) is 8.03. The molecule has 1 aromatic rings. The third-order valence-electron chi connectivity index (χ3n) is 4.40. The Labute approximate surface area is 130 Å². The van der Waals surface area contributed by atoms with Crippen LogP contribution in [-0.2, 0) is 10.8 Å². The molecule has 3 nitrogen and oxygen atoms in total. The summed E-state index contributed by atoms with van der Waals surface area (Å²) in [6.07, 6.45) is 4.89. The van der Waals surface area contributed by atoms with Crippen molar-refractivity contribution in [2.75, 3.05) is 19.4 Å². The van der Waals surface area contributed by atoms with Crippen LogP contribution in [-0.4, -0.2) is 28.9 Å². The number of aryl methyl sites for hydroxylation is 2. The number of benzene rings is 1. The molecule has 2 rings (SSSR count). The van der Waals surface area contributed by atoms with E-state index in [0.29, 0.717) is 6.04 Å². The molecule has 118 valence electrons. The van der Waals surface area contributed by atoms with E-state index in [9.17, 15) is 4.21 Å². The van der Waals surface area contributed by atoms with Crippen LogP contribution in [0.15, 0.2) is 12.1 Å². The van der Waals surface area contributed by atoms with Crippen LogP contribution < -0.4 is 10.1 Å². The topological polar surface area (TPSA) is 38.3 Å². The van der Waals surface area contributed by atoms with Crippen molar-refractivity contribution in [3.63, 3.8) is 0 Å². The molecule has 3 atom stereocenters. The Morgan fingerprint density at radius 3 is 2.81 bits per heavy atom. The van der Waals surface area contributed by atoms with E-state index < -0.39 is 10.8 Å². The fourth-order valence-electron chi connectivity index (χ4n) is 2.67. The highest BCUT2D eigenvalue weighted by molar-refractivity contribution is 7.84. The molecule has 1 heterocycles. The van der Waals surface area contributed by atoms with E-state index in [0.717, 1.165) is 38.2 Å². The van der Waals surface area contributed by atoms with E-state index >= 15 is 0 Å². The first-order valence-electron chi connectivity index (χ1n) is 7.78. The lowest BCUT2D eigenvalue weighted by Gasteiger charge is -2.20. The molecule has 0 aliphatic carbocycles. The van der Waals surface area contributed by atoms with Gasteiger partial charge < -0.3 is 10.1 Å². The van der Waals surface area contributed by atoms with Crippen molar-refractivity contribution in [1.29, 1.82) is 0 Å². The fraction of sp³-hybridized carbons (Fsp3) is 0.647. The minimum absolute atomic E-state index is 0.249. The average molecular weight is 309 g/mol. The van der Waals surface area contributed by atoms with Gasteiger partial charge in [0.15, 0.2) is 0 Å². The van der Waals surface area contributed by atoms with Crippen LogP contribution in [0, 0.1) is 13.8 Å². The number of ether oxygens (including phenoxy) is 1. The van der Waals surface area contributed by atoms with Gasteiger partial charge in [0.05, 0.1) is 6.61 Å². The van der Waals surface area contributed by atoms with Crippen molar-refractivity contribution in [1.82, 2.24) is 5.32 Å². The van der Waals surface area contributed by atoms with Gasteiger partial charge in [0.1, 0.15) is 5.75 Å². The zero-order chi connectivity index (χ0) is 15.4. The third-order valence-corrected chi connectivity index (χ3v) is 5.77. The number of nitrogens with one attached hydrogen (secondary N) is 1. The van der Waals surface area contributed by atoms with E-state index in [4.69, 9.17) is 4.74 Å². The van der Waals surface area contributed by atoms with Gasteiger partial charge in [-0.15, -0.1) is 0 Å². The normalized spacial score (nSPS) is 21.0. The van der Waals surface area contributed by atoms with Crippen LogP contribution in [0.3, 0.4) is 0 Å². The molecular formula is C17H27NO2S. The van der Waals surface area contributed by atoms with E-state index in [1.54, 1.807) is 6.26 Å². The van der Waals surface area contributed by atoms with Gasteiger partial charge in [0.25, 0.3) is 0 Å². The SMILES string of the molecule is Cc1cc2c(cc1C)[C@H](NCC[C@H](C)[S@](C)=O)CCCO2. The van der Waals surface area contributed by atoms with Gasteiger partial charge in [0, 0.05) is 33.9 Å². The van der Waals surface area contributed by atoms with Crippen molar-refractivity contribution < 1.29 is 8.95 Å². The Bertz CT molecular complexity index is 516. The summed E-state index contributed by atoms with van der Waals surface area (Å²) in [5.74, 6) is 1.03. The highest BCUT2D eigenvalue weighted by Gasteiger charge is 2.20. The minimum atomic E-state index is -0.737. The molecule has 1 aromatic carbocycles. The van der Waals surface area contributed by atoms with Gasteiger partial charge >= 0.3 is 0 Å². The molecule has 0 amide bonds. The molecule has 0 bridgehead atoms. The molecule has 4 heteroatoms. The quantitative estimate of drug-likeness (QED) is 0.907. The van der Waals surface area contributed by atoms with E-state index in [1.807, 2.05) is 0 Å². The lowest BCUT2D eigenvalue weighted by Crippen LogP contribution is -2.25. The predicted molar refractivity (Wildman–Crippen MR) is 89.5 cm³/mol. The molecule has 0 aromatic heterocycles. The molecule has 0 spiro atoms.